The Labute approximate surface area is 61.3 Å². The highest BCUT2D eigenvalue weighted by atomic mass is 35.5. The van der Waals surface area contributed by atoms with Crippen LogP contribution < -0.4 is 0 Å². The van der Waals surface area contributed by atoms with Gasteiger partial charge in [-0.1, -0.05) is 11.8 Å². The van der Waals surface area contributed by atoms with Crippen LogP contribution in [0.15, 0.2) is 0 Å². The monoisotopic (exact) mass is 168 g/mol. The van der Waals surface area contributed by atoms with Crippen molar-refractivity contribution in [1.29, 1.82) is 0 Å². The summed E-state index contributed by atoms with van der Waals surface area (Å²) < 4.78 is 4.56. The van der Waals surface area contributed by atoms with E-state index in [9.17, 15) is 4.79 Å². The van der Waals surface area contributed by atoms with Crippen LogP contribution in [0.25, 0.3) is 0 Å². The number of carboxylic acids is 1. The fourth-order valence-electron chi connectivity index (χ4n) is 0.505. The van der Waals surface area contributed by atoms with Gasteiger partial charge >= 0.3 is 5.97 Å². The average Bonchev–Trinajstić information content (AvgIpc) is 2.14. The molecule has 0 amide bonds. The van der Waals surface area contributed by atoms with Gasteiger partial charge in [-0.25, -0.2) is 4.79 Å². The lowest BCUT2D eigenvalue weighted by Crippen LogP contribution is -2.14. The summed E-state index contributed by atoms with van der Waals surface area (Å²) in [6, 6.07) is 0. The molecule has 1 N–H and O–H groups in total. The third kappa shape index (κ3) is 1.74. The highest BCUT2D eigenvalue weighted by Gasteiger charge is 2.29. The summed E-state index contributed by atoms with van der Waals surface area (Å²) in [5.74, 6) is -0.955. The number of carbonyl (C=O) groups is 1. The molecule has 0 aromatic rings. The van der Waals surface area contributed by atoms with Crippen LogP contribution in [0.2, 0.25) is 0 Å². The molecule has 0 bridgehead atoms. The van der Waals surface area contributed by atoms with Gasteiger partial charge in [-0.3, -0.25) is 0 Å². The van der Waals surface area contributed by atoms with Gasteiger partial charge in [0.15, 0.2) is 0 Å². The second kappa shape index (κ2) is 2.77. The molecule has 1 heterocycles. The van der Waals surface area contributed by atoms with E-state index in [-0.39, 0.29) is 4.71 Å². The van der Waals surface area contributed by atoms with E-state index in [1.165, 1.54) is 0 Å². The Morgan fingerprint density at radius 2 is 2.56 bits per heavy atom. The van der Waals surface area contributed by atoms with Gasteiger partial charge in [0.25, 0.3) is 0 Å². The predicted molar refractivity (Wildman–Crippen MR) is 34.6 cm³/mol. The Kier molecular flexibility index (Phi) is 2.21. The lowest BCUT2D eigenvalue weighted by atomic mass is 10.7. The minimum absolute atomic E-state index is 0.203. The summed E-state index contributed by atoms with van der Waals surface area (Å²) in [7, 11) is 0. The Morgan fingerprint density at radius 3 is 2.78 bits per heavy atom. The van der Waals surface area contributed by atoms with Crippen molar-refractivity contribution >= 4 is 29.3 Å². The number of aliphatic carboxylic acids is 1. The number of ether oxygens (including phenoxy) is 1. The highest BCUT2D eigenvalue weighted by molar-refractivity contribution is 8.02. The van der Waals surface area contributed by atoms with Gasteiger partial charge in [-0.2, -0.15) is 0 Å². The Bertz CT molecular complexity index is 129. The van der Waals surface area contributed by atoms with Gasteiger partial charge in [0.2, 0.25) is 5.44 Å². The van der Waals surface area contributed by atoms with Crippen LogP contribution in [0.1, 0.15) is 0 Å². The van der Waals surface area contributed by atoms with Gasteiger partial charge < -0.3 is 9.84 Å². The summed E-state index contributed by atoms with van der Waals surface area (Å²) >= 11 is 6.64. The minimum atomic E-state index is -0.955. The summed E-state index contributed by atoms with van der Waals surface area (Å²) in [5, 5.41) is 8.33. The van der Waals surface area contributed by atoms with Crippen molar-refractivity contribution in [1.82, 2.24) is 0 Å². The SMILES string of the molecule is O=C(O)C1OCC(Cl)S1. The van der Waals surface area contributed by atoms with Crippen LogP contribution in [-0.4, -0.2) is 27.8 Å². The second-order valence-corrected chi connectivity index (χ2v) is 3.60. The summed E-state index contributed by atoms with van der Waals surface area (Å²) in [4.78, 5) is 10.1. The number of rotatable bonds is 1. The molecule has 1 aliphatic heterocycles. The van der Waals surface area contributed by atoms with E-state index in [1.807, 2.05) is 0 Å². The molecule has 1 rings (SSSR count). The Balaban J connectivity index is 2.39. The van der Waals surface area contributed by atoms with Crippen LogP contribution in [-0.2, 0) is 9.53 Å². The van der Waals surface area contributed by atoms with E-state index in [0.717, 1.165) is 11.8 Å². The zero-order valence-electron chi connectivity index (χ0n) is 4.41. The van der Waals surface area contributed by atoms with Crippen molar-refractivity contribution in [2.75, 3.05) is 6.61 Å². The van der Waals surface area contributed by atoms with E-state index in [2.05, 4.69) is 0 Å². The molecule has 5 heteroatoms. The molecular weight excluding hydrogens is 164 g/mol. The van der Waals surface area contributed by atoms with Crippen molar-refractivity contribution in [3.05, 3.63) is 0 Å². The largest absolute Gasteiger partial charge is 0.479 e. The fraction of sp³-hybridized carbons (Fsp3) is 0.750. The van der Waals surface area contributed by atoms with Crippen molar-refractivity contribution in [2.45, 2.75) is 10.1 Å². The van der Waals surface area contributed by atoms with Crippen molar-refractivity contribution in [3.8, 4) is 0 Å². The van der Waals surface area contributed by atoms with Crippen LogP contribution >= 0.6 is 23.4 Å². The van der Waals surface area contributed by atoms with Crippen LogP contribution in [0.5, 0.6) is 0 Å². The third-order valence-corrected chi connectivity index (χ3v) is 2.30. The fourth-order valence-corrected chi connectivity index (χ4v) is 1.56. The van der Waals surface area contributed by atoms with E-state index in [1.54, 1.807) is 0 Å². The van der Waals surface area contributed by atoms with Crippen LogP contribution in [0.3, 0.4) is 0 Å². The molecule has 0 saturated carbocycles. The van der Waals surface area contributed by atoms with Crippen LogP contribution in [0, 0.1) is 0 Å². The molecule has 0 radical (unpaired) electrons. The molecule has 1 aliphatic rings. The van der Waals surface area contributed by atoms with E-state index in [4.69, 9.17) is 21.4 Å². The van der Waals surface area contributed by atoms with Gasteiger partial charge in [-0.05, 0) is 0 Å². The molecule has 0 aliphatic carbocycles. The molecule has 9 heavy (non-hydrogen) atoms. The first kappa shape index (κ1) is 7.18. The molecule has 2 atom stereocenters. The maximum absolute atomic E-state index is 10.1. The first-order valence-electron chi connectivity index (χ1n) is 2.34. The van der Waals surface area contributed by atoms with E-state index >= 15 is 0 Å². The van der Waals surface area contributed by atoms with Gasteiger partial charge in [0, 0.05) is 0 Å². The molecule has 0 spiro atoms. The molecule has 2 unspecified atom stereocenters. The quantitative estimate of drug-likeness (QED) is 0.587. The lowest BCUT2D eigenvalue weighted by Gasteiger charge is -1.98. The summed E-state index contributed by atoms with van der Waals surface area (Å²) in [6.45, 7) is 0.323. The topological polar surface area (TPSA) is 46.5 Å². The summed E-state index contributed by atoms with van der Waals surface area (Å²) in [6.07, 6.45) is 0. The number of alkyl halides is 1. The minimum Gasteiger partial charge on any atom is -0.479 e. The van der Waals surface area contributed by atoms with E-state index < -0.39 is 11.4 Å². The van der Waals surface area contributed by atoms with Crippen molar-refractivity contribution in [2.24, 2.45) is 0 Å². The maximum atomic E-state index is 10.1. The Hall–Kier alpha value is 0.0700. The molecule has 0 aromatic carbocycles. The first-order valence-corrected chi connectivity index (χ1v) is 3.72. The molecule has 52 valence electrons. The second-order valence-electron chi connectivity index (χ2n) is 1.55. The zero-order chi connectivity index (χ0) is 6.85. The van der Waals surface area contributed by atoms with Crippen LogP contribution in [0.4, 0.5) is 0 Å². The van der Waals surface area contributed by atoms with Crippen molar-refractivity contribution < 1.29 is 14.6 Å². The molecule has 1 fully saturated rings. The van der Waals surface area contributed by atoms with E-state index in [0.29, 0.717) is 6.61 Å². The normalized spacial score (nSPS) is 34.8. The first-order chi connectivity index (χ1) is 4.20. The predicted octanol–water partition coefficient (Wildman–Crippen LogP) is 0.725. The van der Waals surface area contributed by atoms with Gasteiger partial charge in [0.05, 0.1) is 6.61 Å². The number of carboxylic acid groups (broad SMARTS) is 1. The molecule has 1 saturated heterocycles. The number of hydrogen-bond acceptors (Lipinski definition) is 3. The number of halogens is 1. The average molecular weight is 169 g/mol. The number of hydrogen-bond donors (Lipinski definition) is 1. The molecular formula is C4H5ClO3S. The Morgan fingerprint density at radius 1 is 1.89 bits per heavy atom. The standard InChI is InChI=1S/C4H5ClO3S/c5-2-1-8-4(9-2)3(6)7/h2,4H,1H2,(H,6,7). The summed E-state index contributed by atoms with van der Waals surface area (Å²) in [5.41, 5.74) is -0.757. The van der Waals surface area contributed by atoms with Gasteiger partial charge in [-0.15, -0.1) is 11.6 Å². The third-order valence-electron chi connectivity index (χ3n) is 0.852. The zero-order valence-corrected chi connectivity index (χ0v) is 5.98. The maximum Gasteiger partial charge on any atom is 0.343 e. The number of thioether (sulfide) groups is 1. The molecule has 0 aromatic heterocycles. The molecule has 3 nitrogen and oxygen atoms in total. The smallest absolute Gasteiger partial charge is 0.343 e. The lowest BCUT2D eigenvalue weighted by molar-refractivity contribution is -0.143. The highest BCUT2D eigenvalue weighted by Crippen LogP contribution is 2.29. The van der Waals surface area contributed by atoms with Crippen molar-refractivity contribution in [3.63, 3.8) is 0 Å². The van der Waals surface area contributed by atoms with Gasteiger partial charge in [0.1, 0.15) is 4.71 Å².